The summed E-state index contributed by atoms with van der Waals surface area (Å²) in [6, 6.07) is 10.0. The molecule has 1 fully saturated rings. The molecule has 1 amide bonds. The van der Waals surface area contributed by atoms with Crippen LogP contribution in [0, 0.1) is 0 Å². The van der Waals surface area contributed by atoms with E-state index in [-0.39, 0.29) is 36.0 Å². The Morgan fingerprint density at radius 2 is 1.97 bits per heavy atom. The molecule has 9 nitrogen and oxygen atoms in total. The lowest BCUT2D eigenvalue weighted by Crippen LogP contribution is -2.41. The molecule has 1 saturated heterocycles. The number of morpholine rings is 1. The van der Waals surface area contributed by atoms with Gasteiger partial charge in [0.2, 0.25) is 17.1 Å². The number of carbonyl (C=O) groups is 1. The minimum Gasteiger partial charge on any atom is -0.502 e. The van der Waals surface area contributed by atoms with Gasteiger partial charge in [-0.15, -0.1) is 0 Å². The molecule has 0 radical (unpaired) electrons. The van der Waals surface area contributed by atoms with E-state index in [1.807, 2.05) is 12.1 Å². The summed E-state index contributed by atoms with van der Waals surface area (Å²) >= 11 is 0. The Morgan fingerprint density at radius 3 is 2.72 bits per heavy atom. The molecule has 2 aromatic heterocycles. The number of ether oxygens (including phenoxy) is 2. The molecule has 1 aromatic carbocycles. The Balaban J connectivity index is 1.84. The van der Waals surface area contributed by atoms with Crippen LogP contribution in [0.15, 0.2) is 50.4 Å². The lowest BCUT2D eigenvalue weighted by molar-refractivity contribution is -0.135. The van der Waals surface area contributed by atoms with Gasteiger partial charge in [0.1, 0.15) is 12.4 Å². The van der Waals surface area contributed by atoms with Crippen molar-refractivity contribution in [3.8, 4) is 5.75 Å². The van der Waals surface area contributed by atoms with Gasteiger partial charge in [-0.3, -0.25) is 14.4 Å². The van der Waals surface area contributed by atoms with Crippen LogP contribution in [0.5, 0.6) is 5.75 Å². The number of nitrogens with one attached hydrogen (secondary N) is 1. The van der Waals surface area contributed by atoms with Crippen molar-refractivity contribution in [3.63, 3.8) is 0 Å². The van der Waals surface area contributed by atoms with Crippen molar-refractivity contribution in [2.24, 2.45) is 0 Å². The van der Waals surface area contributed by atoms with Gasteiger partial charge in [-0.2, -0.15) is 0 Å². The number of hydrogen-bond donors (Lipinski definition) is 2. The number of hydrogen-bond acceptors (Lipinski definition) is 7. The van der Waals surface area contributed by atoms with Crippen LogP contribution < -0.4 is 11.0 Å². The number of aromatic nitrogens is 1. The van der Waals surface area contributed by atoms with Gasteiger partial charge in [-0.1, -0.05) is 18.2 Å². The van der Waals surface area contributed by atoms with Gasteiger partial charge < -0.3 is 28.9 Å². The number of carbonyl (C=O) groups excluding carboxylic acids is 1. The number of methoxy groups -OCH3 is 1. The van der Waals surface area contributed by atoms with Crippen molar-refractivity contribution < 1.29 is 23.8 Å². The SMILES string of the molecule is COCc1cc(=O)c(O)c([C@H](CC(=O)N2CCOCC2)c2cc3ccccc3[nH]c2=O)o1. The number of aromatic hydroxyl groups is 1. The monoisotopic (exact) mass is 440 g/mol. The fourth-order valence-electron chi connectivity index (χ4n) is 3.89. The van der Waals surface area contributed by atoms with E-state index in [0.717, 1.165) is 11.5 Å². The zero-order valence-electron chi connectivity index (χ0n) is 17.6. The topological polar surface area (TPSA) is 122 Å². The Kier molecular flexibility index (Phi) is 6.38. The van der Waals surface area contributed by atoms with Gasteiger partial charge in [0.05, 0.1) is 19.1 Å². The third kappa shape index (κ3) is 4.44. The van der Waals surface area contributed by atoms with Crippen molar-refractivity contribution in [2.75, 3.05) is 33.4 Å². The molecule has 1 aliphatic rings. The summed E-state index contributed by atoms with van der Waals surface area (Å²) < 4.78 is 16.1. The minimum atomic E-state index is -0.969. The molecular weight excluding hydrogens is 416 g/mol. The van der Waals surface area contributed by atoms with Crippen molar-refractivity contribution in [1.29, 1.82) is 0 Å². The van der Waals surface area contributed by atoms with E-state index >= 15 is 0 Å². The molecule has 3 aromatic rings. The molecule has 9 heteroatoms. The molecule has 2 N–H and O–H groups in total. The van der Waals surface area contributed by atoms with Crippen molar-refractivity contribution in [3.05, 3.63) is 74.1 Å². The van der Waals surface area contributed by atoms with Crippen LogP contribution >= 0.6 is 0 Å². The summed E-state index contributed by atoms with van der Waals surface area (Å²) in [4.78, 5) is 42.9. The molecule has 0 unspecified atom stereocenters. The molecule has 0 saturated carbocycles. The summed E-state index contributed by atoms with van der Waals surface area (Å²) in [6.45, 7) is 1.71. The van der Waals surface area contributed by atoms with Crippen molar-refractivity contribution in [2.45, 2.75) is 18.9 Å². The van der Waals surface area contributed by atoms with Crippen LogP contribution in [0.2, 0.25) is 0 Å². The number of benzene rings is 1. The van der Waals surface area contributed by atoms with Gasteiger partial charge in [0.25, 0.3) is 5.56 Å². The van der Waals surface area contributed by atoms with Gasteiger partial charge in [-0.05, 0) is 17.5 Å². The van der Waals surface area contributed by atoms with Crippen molar-refractivity contribution in [1.82, 2.24) is 9.88 Å². The first kappa shape index (κ1) is 21.8. The van der Waals surface area contributed by atoms with Crippen LogP contribution in [0.3, 0.4) is 0 Å². The number of fused-ring (bicyclic) bond motifs is 1. The number of aromatic amines is 1. The van der Waals surface area contributed by atoms with Gasteiger partial charge in [0.15, 0.2) is 5.76 Å². The van der Waals surface area contributed by atoms with E-state index in [9.17, 15) is 19.5 Å². The molecule has 168 valence electrons. The average molecular weight is 440 g/mol. The van der Waals surface area contributed by atoms with Gasteiger partial charge in [-0.25, -0.2) is 0 Å². The maximum Gasteiger partial charge on any atom is 0.252 e. The van der Waals surface area contributed by atoms with Gasteiger partial charge >= 0.3 is 0 Å². The molecule has 1 atom stereocenters. The number of H-pyrrole nitrogens is 1. The lowest BCUT2D eigenvalue weighted by atomic mass is 9.91. The van der Waals surface area contributed by atoms with Crippen LogP contribution in [-0.2, 0) is 20.9 Å². The smallest absolute Gasteiger partial charge is 0.252 e. The quantitative estimate of drug-likeness (QED) is 0.598. The summed E-state index contributed by atoms with van der Waals surface area (Å²) in [6.07, 6.45) is -0.158. The first-order valence-electron chi connectivity index (χ1n) is 10.3. The first-order valence-corrected chi connectivity index (χ1v) is 10.3. The largest absolute Gasteiger partial charge is 0.502 e. The van der Waals surface area contributed by atoms with E-state index < -0.39 is 22.7 Å². The molecule has 3 heterocycles. The van der Waals surface area contributed by atoms with E-state index in [0.29, 0.717) is 31.8 Å². The maximum absolute atomic E-state index is 13.1. The minimum absolute atomic E-state index is 0.000722. The fraction of sp³-hybridized carbons (Fsp3) is 0.348. The van der Waals surface area contributed by atoms with E-state index in [2.05, 4.69) is 4.98 Å². The van der Waals surface area contributed by atoms with Crippen molar-refractivity contribution >= 4 is 16.8 Å². The predicted molar refractivity (Wildman–Crippen MR) is 116 cm³/mol. The third-order valence-corrected chi connectivity index (χ3v) is 5.50. The Morgan fingerprint density at radius 1 is 1.22 bits per heavy atom. The number of para-hydroxylation sites is 1. The van der Waals surface area contributed by atoms with Crippen LogP contribution in [-0.4, -0.2) is 54.3 Å². The highest BCUT2D eigenvalue weighted by Crippen LogP contribution is 2.33. The number of amides is 1. The van der Waals surface area contributed by atoms with E-state index in [4.69, 9.17) is 13.9 Å². The van der Waals surface area contributed by atoms with E-state index in [1.54, 1.807) is 23.1 Å². The van der Waals surface area contributed by atoms with Crippen LogP contribution in [0.1, 0.15) is 29.4 Å². The third-order valence-electron chi connectivity index (χ3n) is 5.50. The first-order chi connectivity index (χ1) is 15.5. The van der Waals surface area contributed by atoms with E-state index in [1.165, 1.54) is 7.11 Å². The molecule has 32 heavy (non-hydrogen) atoms. The molecule has 0 bridgehead atoms. The second-order valence-corrected chi connectivity index (χ2v) is 7.61. The molecule has 1 aliphatic heterocycles. The summed E-state index contributed by atoms with van der Waals surface area (Å²) in [5.41, 5.74) is -0.237. The highest BCUT2D eigenvalue weighted by atomic mass is 16.5. The highest BCUT2D eigenvalue weighted by molar-refractivity contribution is 5.80. The molecule has 0 aliphatic carbocycles. The number of rotatable bonds is 6. The zero-order chi connectivity index (χ0) is 22.7. The summed E-state index contributed by atoms with van der Waals surface area (Å²) in [5.74, 6) is -1.77. The average Bonchev–Trinajstić information content (AvgIpc) is 2.80. The Bertz CT molecular complexity index is 1240. The molecule has 0 spiro atoms. The van der Waals surface area contributed by atoms with Crippen LogP contribution in [0.4, 0.5) is 0 Å². The Labute approximate surface area is 183 Å². The molecular formula is C23H24N2O7. The standard InChI is InChI=1S/C23H24N2O7/c1-30-13-15-11-19(26)21(28)22(32-15)16(12-20(27)25-6-8-31-9-7-25)17-10-14-4-2-3-5-18(14)24-23(17)29/h2-5,10-11,16,28H,6-9,12-13H2,1H3,(H,24,29)/t16-/m1/s1. The maximum atomic E-state index is 13.1. The highest BCUT2D eigenvalue weighted by Gasteiger charge is 2.30. The second kappa shape index (κ2) is 9.37. The normalized spacial score (nSPS) is 15.1. The molecule has 4 rings (SSSR count). The summed E-state index contributed by atoms with van der Waals surface area (Å²) in [7, 11) is 1.44. The van der Waals surface area contributed by atoms with Gasteiger partial charge in [0, 0.05) is 43.8 Å². The predicted octanol–water partition coefficient (Wildman–Crippen LogP) is 1.71. The summed E-state index contributed by atoms with van der Waals surface area (Å²) in [5, 5.41) is 11.3. The lowest BCUT2D eigenvalue weighted by Gasteiger charge is -2.28. The number of pyridine rings is 1. The second-order valence-electron chi connectivity index (χ2n) is 7.61. The number of nitrogens with zero attached hydrogens (tertiary/aromatic N) is 1. The van der Waals surface area contributed by atoms with Crippen LogP contribution in [0.25, 0.3) is 10.9 Å². The zero-order valence-corrected chi connectivity index (χ0v) is 17.6. The Hall–Kier alpha value is -3.43. The fourth-order valence-corrected chi connectivity index (χ4v) is 3.89.